The summed E-state index contributed by atoms with van der Waals surface area (Å²) >= 11 is 0. The molecule has 0 aliphatic rings. The molecule has 0 unspecified atom stereocenters. The standard InChI is InChI=1S/C17H25NO5/c1-7-22-12-23-14(21)17(6,16(4,5)11-20)13(9-18)8-15(2,3)10-19/h8,10-11H,7,12H2,1-6H3/b13-8-/t17-/m1/s1. The molecule has 0 rings (SSSR count). The number of esters is 1. The number of nitrogens with zero attached hydrogens (tertiary/aromatic N) is 1. The molecule has 1 atom stereocenters. The molecule has 0 N–H and O–H groups in total. The Morgan fingerprint density at radius 2 is 1.70 bits per heavy atom. The van der Waals surface area contributed by atoms with Gasteiger partial charge in [-0.05, 0) is 27.7 Å². The first-order valence-electron chi connectivity index (χ1n) is 7.33. The minimum atomic E-state index is -1.54. The molecule has 0 bridgehead atoms. The zero-order valence-corrected chi connectivity index (χ0v) is 14.6. The van der Waals surface area contributed by atoms with Crippen molar-refractivity contribution in [2.45, 2.75) is 41.5 Å². The molecule has 0 saturated heterocycles. The second-order valence-corrected chi connectivity index (χ2v) is 6.62. The van der Waals surface area contributed by atoms with Gasteiger partial charge in [-0.3, -0.25) is 4.79 Å². The van der Waals surface area contributed by atoms with Gasteiger partial charge in [0.15, 0.2) is 6.79 Å². The van der Waals surface area contributed by atoms with E-state index in [1.807, 2.05) is 6.07 Å². The predicted octanol–water partition coefficient (Wildman–Crippen LogP) is 2.43. The van der Waals surface area contributed by atoms with E-state index in [1.54, 1.807) is 34.6 Å². The maximum absolute atomic E-state index is 12.6. The Morgan fingerprint density at radius 3 is 2.09 bits per heavy atom. The average molecular weight is 323 g/mol. The van der Waals surface area contributed by atoms with Crippen LogP contribution in [0, 0.1) is 27.6 Å². The average Bonchev–Trinajstić information content (AvgIpc) is 2.51. The Morgan fingerprint density at radius 1 is 1.13 bits per heavy atom. The van der Waals surface area contributed by atoms with E-state index in [9.17, 15) is 19.6 Å². The number of carbonyl (C=O) groups excluding carboxylic acids is 3. The maximum atomic E-state index is 12.6. The van der Waals surface area contributed by atoms with Crippen LogP contribution in [-0.4, -0.2) is 31.9 Å². The quantitative estimate of drug-likeness (QED) is 0.213. The summed E-state index contributed by atoms with van der Waals surface area (Å²) in [5, 5.41) is 9.51. The van der Waals surface area contributed by atoms with Crippen molar-refractivity contribution in [3.8, 4) is 6.07 Å². The van der Waals surface area contributed by atoms with Crippen molar-refractivity contribution in [2.75, 3.05) is 13.4 Å². The molecule has 0 heterocycles. The second-order valence-electron chi connectivity index (χ2n) is 6.62. The second kappa shape index (κ2) is 8.02. The molecule has 0 saturated carbocycles. The molecule has 6 heteroatoms. The van der Waals surface area contributed by atoms with Gasteiger partial charge in [0.1, 0.15) is 18.0 Å². The zero-order chi connectivity index (χ0) is 18.3. The number of allylic oxidation sites excluding steroid dienone is 1. The zero-order valence-electron chi connectivity index (χ0n) is 14.6. The van der Waals surface area contributed by atoms with E-state index >= 15 is 0 Å². The van der Waals surface area contributed by atoms with Crippen LogP contribution in [0.1, 0.15) is 41.5 Å². The number of hydrogen-bond acceptors (Lipinski definition) is 6. The van der Waals surface area contributed by atoms with Gasteiger partial charge >= 0.3 is 5.97 Å². The van der Waals surface area contributed by atoms with Crippen molar-refractivity contribution in [1.29, 1.82) is 5.26 Å². The minimum Gasteiger partial charge on any atom is -0.438 e. The molecule has 23 heavy (non-hydrogen) atoms. The summed E-state index contributed by atoms with van der Waals surface area (Å²) in [5.74, 6) is -0.752. The molecule has 128 valence electrons. The lowest BCUT2D eigenvalue weighted by atomic mass is 9.62. The fourth-order valence-corrected chi connectivity index (χ4v) is 1.86. The van der Waals surface area contributed by atoms with Crippen LogP contribution in [0.15, 0.2) is 11.6 Å². The van der Waals surface area contributed by atoms with Crippen LogP contribution in [0.2, 0.25) is 0 Å². The summed E-state index contributed by atoms with van der Waals surface area (Å²) < 4.78 is 10.1. The van der Waals surface area contributed by atoms with Gasteiger partial charge in [0.2, 0.25) is 0 Å². The molecular weight excluding hydrogens is 298 g/mol. The topological polar surface area (TPSA) is 93.5 Å². The predicted molar refractivity (Wildman–Crippen MR) is 84.1 cm³/mol. The number of carbonyl (C=O) groups is 3. The summed E-state index contributed by atoms with van der Waals surface area (Å²) in [7, 11) is 0. The van der Waals surface area contributed by atoms with E-state index in [0.29, 0.717) is 19.2 Å². The summed E-state index contributed by atoms with van der Waals surface area (Å²) in [6.07, 6.45) is 2.67. The lowest BCUT2D eigenvalue weighted by Crippen LogP contribution is -2.46. The largest absolute Gasteiger partial charge is 0.438 e. The third-order valence-corrected chi connectivity index (χ3v) is 3.95. The van der Waals surface area contributed by atoms with E-state index in [0.717, 1.165) is 0 Å². The third-order valence-electron chi connectivity index (χ3n) is 3.95. The van der Waals surface area contributed by atoms with Gasteiger partial charge in [0.25, 0.3) is 0 Å². The van der Waals surface area contributed by atoms with Crippen molar-refractivity contribution in [3.63, 3.8) is 0 Å². The Bertz CT molecular complexity index is 528. The normalized spacial score (nSPS) is 15.3. The van der Waals surface area contributed by atoms with E-state index in [-0.39, 0.29) is 12.4 Å². The van der Waals surface area contributed by atoms with Crippen LogP contribution in [0.4, 0.5) is 0 Å². The van der Waals surface area contributed by atoms with E-state index in [2.05, 4.69) is 0 Å². The van der Waals surface area contributed by atoms with Crippen LogP contribution in [0.25, 0.3) is 0 Å². The Labute approximate surface area is 137 Å². The Hall–Kier alpha value is -2.00. The monoisotopic (exact) mass is 323 g/mol. The maximum Gasteiger partial charge on any atom is 0.320 e. The third kappa shape index (κ3) is 4.73. The van der Waals surface area contributed by atoms with Crippen LogP contribution >= 0.6 is 0 Å². The van der Waals surface area contributed by atoms with Gasteiger partial charge in [-0.15, -0.1) is 0 Å². The highest BCUT2D eigenvalue weighted by Gasteiger charge is 2.52. The van der Waals surface area contributed by atoms with Crippen molar-refractivity contribution in [3.05, 3.63) is 11.6 Å². The van der Waals surface area contributed by atoms with Gasteiger partial charge < -0.3 is 19.1 Å². The first-order chi connectivity index (χ1) is 10.5. The molecule has 6 nitrogen and oxygen atoms in total. The molecule has 0 aromatic rings. The molecule has 0 aromatic carbocycles. The van der Waals surface area contributed by atoms with Crippen LogP contribution in [-0.2, 0) is 23.9 Å². The molecule has 0 aromatic heterocycles. The van der Waals surface area contributed by atoms with Crippen molar-refractivity contribution < 1.29 is 23.9 Å². The molecule has 0 radical (unpaired) electrons. The fourth-order valence-electron chi connectivity index (χ4n) is 1.86. The smallest absolute Gasteiger partial charge is 0.320 e. The number of hydrogen-bond donors (Lipinski definition) is 0. The number of ether oxygens (including phenoxy) is 2. The lowest BCUT2D eigenvalue weighted by Gasteiger charge is -2.38. The summed E-state index contributed by atoms with van der Waals surface area (Å²) in [6.45, 7) is 9.60. The first-order valence-corrected chi connectivity index (χ1v) is 7.33. The lowest BCUT2D eigenvalue weighted by molar-refractivity contribution is -0.171. The van der Waals surface area contributed by atoms with Crippen molar-refractivity contribution in [2.24, 2.45) is 16.2 Å². The van der Waals surface area contributed by atoms with Gasteiger partial charge in [0.05, 0.1) is 6.07 Å². The summed E-state index contributed by atoms with van der Waals surface area (Å²) in [6, 6.07) is 1.95. The first kappa shape index (κ1) is 21.0. The molecule has 0 aliphatic carbocycles. The Balaban J connectivity index is 6.06. The van der Waals surface area contributed by atoms with Crippen molar-refractivity contribution >= 4 is 18.5 Å². The van der Waals surface area contributed by atoms with Gasteiger partial charge in [0, 0.05) is 23.0 Å². The minimum absolute atomic E-state index is 0.00759. The van der Waals surface area contributed by atoms with Crippen LogP contribution in [0.3, 0.4) is 0 Å². The molecule has 0 spiro atoms. The summed E-state index contributed by atoms with van der Waals surface area (Å²) in [4.78, 5) is 35.2. The Kier molecular flexibility index (Phi) is 7.32. The SMILES string of the molecule is CCOCOC(=O)[C@@](C)(/C(C#N)=C\C(C)(C)C=O)C(C)(C)C=O. The van der Waals surface area contributed by atoms with Crippen molar-refractivity contribution in [1.82, 2.24) is 0 Å². The van der Waals surface area contributed by atoms with Crippen LogP contribution < -0.4 is 0 Å². The number of nitriles is 1. The fraction of sp³-hybridized carbons (Fsp3) is 0.647. The van der Waals surface area contributed by atoms with E-state index in [1.165, 1.54) is 13.0 Å². The molecular formula is C17H25NO5. The van der Waals surface area contributed by atoms with Gasteiger partial charge in [-0.25, -0.2) is 0 Å². The van der Waals surface area contributed by atoms with Gasteiger partial charge in [-0.2, -0.15) is 5.26 Å². The van der Waals surface area contributed by atoms with Crippen LogP contribution in [0.5, 0.6) is 0 Å². The highest BCUT2D eigenvalue weighted by molar-refractivity contribution is 5.87. The molecule has 0 amide bonds. The molecule has 0 fully saturated rings. The number of aldehydes is 2. The highest BCUT2D eigenvalue weighted by atomic mass is 16.7. The van der Waals surface area contributed by atoms with E-state index in [4.69, 9.17) is 9.47 Å². The highest BCUT2D eigenvalue weighted by Crippen LogP contribution is 2.45. The van der Waals surface area contributed by atoms with E-state index < -0.39 is 22.2 Å². The summed E-state index contributed by atoms with van der Waals surface area (Å²) in [5.41, 5.74) is -3.70. The molecule has 0 aliphatic heterocycles. The van der Waals surface area contributed by atoms with Gasteiger partial charge in [-0.1, -0.05) is 19.9 Å². The number of rotatable bonds is 9.